The molecule has 0 heterocycles. The number of rotatable bonds is 3. The molecule has 0 radical (unpaired) electrons. The fourth-order valence-electron chi connectivity index (χ4n) is 1.87. The first-order chi connectivity index (χ1) is 9.99. The smallest absolute Gasteiger partial charge is 0.267 e. The van der Waals surface area contributed by atoms with E-state index in [1.165, 1.54) is 13.0 Å². The van der Waals surface area contributed by atoms with Crippen LogP contribution in [0.2, 0.25) is 0 Å². The first kappa shape index (κ1) is 14.8. The molecule has 3 nitrogen and oxygen atoms in total. The fraction of sp³-hybridized carbons (Fsp3) is 0.125. The van der Waals surface area contributed by atoms with Crippen LogP contribution in [0.4, 0.5) is 8.78 Å². The van der Waals surface area contributed by atoms with Gasteiger partial charge in [0, 0.05) is 17.2 Å². The monoisotopic (exact) mass is 288 g/mol. The molecule has 0 saturated carbocycles. The Morgan fingerprint density at radius 1 is 1.10 bits per heavy atom. The number of halogens is 2. The van der Waals surface area contributed by atoms with Gasteiger partial charge in [-0.15, -0.1) is 0 Å². The number of hydrogen-bond acceptors (Lipinski definition) is 2. The molecule has 5 heteroatoms. The van der Waals surface area contributed by atoms with Gasteiger partial charge in [-0.1, -0.05) is 18.2 Å². The Bertz CT molecular complexity index is 711. The van der Waals surface area contributed by atoms with Crippen LogP contribution < -0.4 is 5.43 Å². The van der Waals surface area contributed by atoms with E-state index in [1.807, 2.05) is 19.1 Å². The maximum absolute atomic E-state index is 13.6. The Hall–Kier alpha value is -2.56. The number of hydrogen-bond donors (Lipinski definition) is 1. The highest BCUT2D eigenvalue weighted by Crippen LogP contribution is 2.11. The van der Waals surface area contributed by atoms with Crippen molar-refractivity contribution in [2.75, 3.05) is 0 Å². The third kappa shape index (κ3) is 3.51. The zero-order valence-electron chi connectivity index (χ0n) is 11.7. The molecule has 0 aliphatic carbocycles. The summed E-state index contributed by atoms with van der Waals surface area (Å²) >= 11 is 0. The highest BCUT2D eigenvalue weighted by atomic mass is 19.1. The summed E-state index contributed by atoms with van der Waals surface area (Å²) in [5.74, 6) is -1.76. The lowest BCUT2D eigenvalue weighted by molar-refractivity contribution is 0.0954. The van der Waals surface area contributed by atoms with Crippen LogP contribution >= 0.6 is 0 Å². The molecule has 1 amide bonds. The first-order valence-electron chi connectivity index (χ1n) is 6.34. The molecule has 0 aliphatic rings. The number of benzene rings is 2. The highest BCUT2D eigenvalue weighted by Gasteiger charge is 2.09. The minimum atomic E-state index is -0.721. The van der Waals surface area contributed by atoms with Gasteiger partial charge >= 0.3 is 0 Å². The van der Waals surface area contributed by atoms with E-state index in [4.69, 9.17) is 0 Å². The van der Waals surface area contributed by atoms with Gasteiger partial charge in [-0.05, 0) is 37.6 Å². The number of amides is 1. The molecule has 0 aliphatic heterocycles. The maximum Gasteiger partial charge on any atom is 0.271 e. The molecule has 1 N–H and O–H groups in total. The largest absolute Gasteiger partial charge is 0.271 e. The molecule has 0 bridgehead atoms. The molecule has 2 aromatic rings. The Morgan fingerprint density at radius 3 is 2.48 bits per heavy atom. The molecule has 0 atom stereocenters. The molecular weight excluding hydrogens is 274 g/mol. The van der Waals surface area contributed by atoms with Gasteiger partial charge in [-0.25, -0.2) is 14.2 Å². The predicted octanol–water partition coefficient (Wildman–Crippen LogP) is 3.43. The molecule has 2 aromatic carbocycles. The lowest BCUT2D eigenvalue weighted by Crippen LogP contribution is -2.20. The molecule has 0 aromatic heterocycles. The first-order valence-corrected chi connectivity index (χ1v) is 6.34. The van der Waals surface area contributed by atoms with E-state index >= 15 is 0 Å². The molecule has 0 spiro atoms. The second-order valence-corrected chi connectivity index (χ2v) is 4.58. The van der Waals surface area contributed by atoms with Gasteiger partial charge in [0.05, 0.1) is 5.71 Å². The fourth-order valence-corrected chi connectivity index (χ4v) is 1.87. The Kier molecular flexibility index (Phi) is 4.42. The van der Waals surface area contributed by atoms with Crippen molar-refractivity contribution in [3.63, 3.8) is 0 Å². The van der Waals surface area contributed by atoms with E-state index in [-0.39, 0.29) is 17.2 Å². The Balaban J connectivity index is 2.17. The Morgan fingerprint density at radius 2 is 1.81 bits per heavy atom. The second kappa shape index (κ2) is 6.26. The summed E-state index contributed by atoms with van der Waals surface area (Å²) in [6.07, 6.45) is 0. The van der Waals surface area contributed by atoms with Crippen LogP contribution in [0.25, 0.3) is 0 Å². The Labute approximate surface area is 121 Å². The van der Waals surface area contributed by atoms with Crippen LogP contribution in [-0.2, 0) is 0 Å². The van der Waals surface area contributed by atoms with Crippen molar-refractivity contribution >= 4 is 11.6 Å². The topological polar surface area (TPSA) is 41.5 Å². The van der Waals surface area contributed by atoms with Crippen LogP contribution in [0.1, 0.15) is 28.4 Å². The maximum atomic E-state index is 13.6. The summed E-state index contributed by atoms with van der Waals surface area (Å²) in [6, 6.07) is 10.3. The third-order valence-electron chi connectivity index (χ3n) is 3.04. The van der Waals surface area contributed by atoms with E-state index < -0.39 is 11.6 Å². The molecule has 0 saturated heterocycles. The van der Waals surface area contributed by atoms with Crippen molar-refractivity contribution in [1.82, 2.24) is 5.43 Å². The van der Waals surface area contributed by atoms with Gasteiger partial charge in [0.1, 0.15) is 11.6 Å². The van der Waals surface area contributed by atoms with Crippen LogP contribution in [0.5, 0.6) is 0 Å². The predicted molar refractivity (Wildman–Crippen MR) is 77.2 cm³/mol. The van der Waals surface area contributed by atoms with Crippen molar-refractivity contribution in [3.8, 4) is 0 Å². The molecule has 108 valence electrons. The van der Waals surface area contributed by atoms with Crippen LogP contribution in [0.3, 0.4) is 0 Å². The second-order valence-electron chi connectivity index (χ2n) is 4.58. The summed E-state index contributed by atoms with van der Waals surface area (Å²) in [7, 11) is 0. The van der Waals surface area contributed by atoms with Crippen molar-refractivity contribution in [2.24, 2.45) is 5.10 Å². The van der Waals surface area contributed by atoms with Crippen LogP contribution in [0, 0.1) is 18.6 Å². The molecule has 0 fully saturated rings. The number of aryl methyl sites for hydroxylation is 1. The van der Waals surface area contributed by atoms with Gasteiger partial charge < -0.3 is 0 Å². The quantitative estimate of drug-likeness (QED) is 0.682. The van der Waals surface area contributed by atoms with Gasteiger partial charge in [-0.2, -0.15) is 5.10 Å². The number of hydrazone groups is 1. The van der Waals surface area contributed by atoms with E-state index in [0.717, 1.165) is 17.7 Å². The number of carbonyl (C=O) groups is 1. The van der Waals surface area contributed by atoms with Crippen molar-refractivity contribution in [3.05, 3.63) is 70.8 Å². The number of nitrogens with zero attached hydrogens (tertiary/aromatic N) is 1. The molecular formula is C16H14F2N2O. The summed E-state index contributed by atoms with van der Waals surface area (Å²) in [5, 5.41) is 3.86. The van der Waals surface area contributed by atoms with Crippen molar-refractivity contribution in [2.45, 2.75) is 13.8 Å². The summed E-state index contributed by atoms with van der Waals surface area (Å²) in [4.78, 5) is 12.0. The van der Waals surface area contributed by atoms with Gasteiger partial charge in [0.15, 0.2) is 0 Å². The average Bonchev–Trinajstić information content (AvgIpc) is 2.45. The lowest BCUT2D eigenvalue weighted by atomic mass is 10.1. The molecule has 2 rings (SSSR count). The summed E-state index contributed by atoms with van der Waals surface area (Å²) < 4.78 is 26.4. The van der Waals surface area contributed by atoms with Crippen molar-refractivity contribution in [1.29, 1.82) is 0 Å². The molecule has 21 heavy (non-hydrogen) atoms. The number of nitrogens with one attached hydrogen (secondary N) is 1. The van der Waals surface area contributed by atoms with E-state index in [0.29, 0.717) is 5.56 Å². The zero-order chi connectivity index (χ0) is 15.4. The van der Waals surface area contributed by atoms with Gasteiger partial charge in [-0.3, -0.25) is 4.79 Å². The highest BCUT2D eigenvalue weighted by molar-refractivity contribution is 6.01. The average molecular weight is 288 g/mol. The standard InChI is InChI=1S/C16H14F2N2O/c1-10-5-3-4-6-13(10)16(21)20-19-11(2)14-8-7-12(17)9-15(14)18/h3-9H,1-2H3,(H,20,21)/b19-11-. The minimum Gasteiger partial charge on any atom is -0.267 e. The lowest BCUT2D eigenvalue weighted by Gasteiger charge is -2.06. The minimum absolute atomic E-state index is 0.140. The van der Waals surface area contributed by atoms with Crippen LogP contribution in [-0.4, -0.2) is 11.6 Å². The van der Waals surface area contributed by atoms with Gasteiger partial charge in [0.2, 0.25) is 0 Å². The van der Waals surface area contributed by atoms with Gasteiger partial charge in [0.25, 0.3) is 5.91 Å². The van der Waals surface area contributed by atoms with E-state index in [2.05, 4.69) is 10.5 Å². The third-order valence-corrected chi connectivity index (χ3v) is 3.04. The van der Waals surface area contributed by atoms with Crippen LogP contribution in [0.15, 0.2) is 47.6 Å². The zero-order valence-corrected chi connectivity index (χ0v) is 11.7. The van der Waals surface area contributed by atoms with E-state index in [1.54, 1.807) is 12.1 Å². The SMILES string of the molecule is C/C(=N/NC(=O)c1ccccc1C)c1ccc(F)cc1F. The summed E-state index contributed by atoms with van der Waals surface area (Å²) in [5.41, 5.74) is 4.08. The normalized spacial score (nSPS) is 11.3. The summed E-state index contributed by atoms with van der Waals surface area (Å²) in [6.45, 7) is 3.35. The van der Waals surface area contributed by atoms with Crippen molar-refractivity contribution < 1.29 is 13.6 Å². The van der Waals surface area contributed by atoms with E-state index in [9.17, 15) is 13.6 Å². The number of carbonyl (C=O) groups excluding carboxylic acids is 1. The molecule has 0 unspecified atom stereocenters.